The van der Waals surface area contributed by atoms with E-state index < -0.39 is 5.91 Å². The first-order valence-electron chi connectivity index (χ1n) is 5.54. The fourth-order valence-corrected chi connectivity index (χ4v) is 2.15. The molecule has 3 N–H and O–H groups in total. The lowest BCUT2D eigenvalue weighted by molar-refractivity contribution is -0.116. The summed E-state index contributed by atoms with van der Waals surface area (Å²) in [6.45, 7) is 2.30. The minimum Gasteiger partial charge on any atom is -0.373 e. The molecule has 0 spiro atoms. The second-order valence-electron chi connectivity index (χ2n) is 4.04. The van der Waals surface area contributed by atoms with E-state index >= 15 is 0 Å². The summed E-state index contributed by atoms with van der Waals surface area (Å²) in [5, 5.41) is 2.98. The van der Waals surface area contributed by atoms with Crippen LogP contribution in [-0.2, 0) is 14.3 Å². The Balaban J connectivity index is 2.11. The van der Waals surface area contributed by atoms with Crippen LogP contribution >= 0.6 is 0 Å². The zero-order valence-corrected chi connectivity index (χ0v) is 10.1. The largest absolute Gasteiger partial charge is 0.373 e. The van der Waals surface area contributed by atoms with Crippen molar-refractivity contribution in [1.82, 2.24) is 15.1 Å². The quantitative estimate of drug-likeness (QED) is 0.620. The van der Waals surface area contributed by atoms with Gasteiger partial charge in [0, 0.05) is 14.1 Å². The predicted octanol–water partition coefficient (Wildman–Crippen LogP) is -1.56. The van der Waals surface area contributed by atoms with Gasteiger partial charge in [-0.2, -0.15) is 0 Å². The van der Waals surface area contributed by atoms with Crippen molar-refractivity contribution in [3.05, 3.63) is 11.5 Å². The molecule has 0 aromatic heterocycles. The van der Waals surface area contributed by atoms with E-state index in [0.29, 0.717) is 32.1 Å². The topological polar surface area (TPSA) is 80.1 Å². The SMILES string of the molecule is CNC1=C(C(N)=O)N(CC2OCCO2)CN1C. The normalized spacial score (nSPS) is 21.5. The van der Waals surface area contributed by atoms with Crippen LogP contribution in [-0.4, -0.2) is 62.5 Å². The van der Waals surface area contributed by atoms with Gasteiger partial charge in [0.1, 0.15) is 11.5 Å². The lowest BCUT2D eigenvalue weighted by atomic mass is 10.3. The molecule has 0 radical (unpaired) electrons. The highest BCUT2D eigenvalue weighted by atomic mass is 16.7. The minimum absolute atomic E-state index is 0.283. The molecule has 17 heavy (non-hydrogen) atoms. The highest BCUT2D eigenvalue weighted by Crippen LogP contribution is 2.21. The first-order chi connectivity index (χ1) is 8.13. The molecule has 2 aliphatic rings. The van der Waals surface area contributed by atoms with E-state index in [2.05, 4.69) is 5.32 Å². The van der Waals surface area contributed by atoms with E-state index in [0.717, 1.165) is 5.82 Å². The van der Waals surface area contributed by atoms with E-state index in [1.165, 1.54) is 0 Å². The van der Waals surface area contributed by atoms with E-state index in [4.69, 9.17) is 15.2 Å². The Morgan fingerprint density at radius 1 is 1.53 bits per heavy atom. The van der Waals surface area contributed by atoms with Crippen molar-refractivity contribution in [1.29, 1.82) is 0 Å². The average Bonchev–Trinajstić information content (AvgIpc) is 2.86. The van der Waals surface area contributed by atoms with Crippen molar-refractivity contribution >= 4 is 5.91 Å². The molecule has 1 amide bonds. The number of nitrogens with one attached hydrogen (secondary N) is 1. The summed E-state index contributed by atoms with van der Waals surface area (Å²) in [7, 11) is 3.66. The number of amides is 1. The number of primary amides is 1. The number of ether oxygens (including phenoxy) is 2. The van der Waals surface area contributed by atoms with Crippen LogP contribution in [0.25, 0.3) is 0 Å². The smallest absolute Gasteiger partial charge is 0.268 e. The Hall–Kier alpha value is -1.47. The Morgan fingerprint density at radius 3 is 2.71 bits per heavy atom. The third-order valence-electron chi connectivity index (χ3n) is 2.84. The van der Waals surface area contributed by atoms with E-state index in [1.54, 1.807) is 7.05 Å². The molecule has 1 saturated heterocycles. The van der Waals surface area contributed by atoms with Crippen molar-refractivity contribution in [2.75, 3.05) is 40.5 Å². The monoisotopic (exact) mass is 242 g/mol. The second kappa shape index (κ2) is 4.80. The van der Waals surface area contributed by atoms with E-state index in [-0.39, 0.29) is 6.29 Å². The Bertz CT molecular complexity index is 338. The fourth-order valence-electron chi connectivity index (χ4n) is 2.15. The Morgan fingerprint density at radius 2 is 2.18 bits per heavy atom. The summed E-state index contributed by atoms with van der Waals surface area (Å²) < 4.78 is 10.7. The summed E-state index contributed by atoms with van der Waals surface area (Å²) in [5.41, 5.74) is 5.88. The van der Waals surface area contributed by atoms with Gasteiger partial charge in [0.2, 0.25) is 0 Å². The number of carbonyl (C=O) groups excluding carboxylic acids is 1. The number of nitrogens with zero attached hydrogens (tertiary/aromatic N) is 2. The van der Waals surface area contributed by atoms with Crippen LogP contribution in [0.1, 0.15) is 0 Å². The van der Waals surface area contributed by atoms with Crippen LogP contribution in [0.5, 0.6) is 0 Å². The maximum Gasteiger partial charge on any atom is 0.268 e. The lowest BCUT2D eigenvalue weighted by Gasteiger charge is -2.23. The fraction of sp³-hybridized carbons (Fsp3) is 0.700. The van der Waals surface area contributed by atoms with Gasteiger partial charge in [-0.3, -0.25) is 4.79 Å². The molecule has 0 saturated carbocycles. The molecule has 2 heterocycles. The molecule has 96 valence electrons. The van der Waals surface area contributed by atoms with E-state index in [1.807, 2.05) is 16.8 Å². The molecule has 2 aliphatic heterocycles. The lowest BCUT2D eigenvalue weighted by Crippen LogP contribution is -2.36. The van der Waals surface area contributed by atoms with Gasteiger partial charge in [-0.1, -0.05) is 0 Å². The van der Waals surface area contributed by atoms with Crippen molar-refractivity contribution in [3.63, 3.8) is 0 Å². The molecule has 0 bridgehead atoms. The second-order valence-corrected chi connectivity index (χ2v) is 4.04. The summed E-state index contributed by atoms with van der Waals surface area (Å²) in [6.07, 6.45) is -0.283. The molecular weight excluding hydrogens is 224 g/mol. The first-order valence-corrected chi connectivity index (χ1v) is 5.54. The van der Waals surface area contributed by atoms with Crippen molar-refractivity contribution < 1.29 is 14.3 Å². The van der Waals surface area contributed by atoms with Crippen molar-refractivity contribution in [2.45, 2.75) is 6.29 Å². The number of hydrogen-bond acceptors (Lipinski definition) is 6. The van der Waals surface area contributed by atoms with Crippen LogP contribution in [0, 0.1) is 0 Å². The number of nitrogens with two attached hydrogens (primary N) is 1. The van der Waals surface area contributed by atoms with Gasteiger partial charge in [0.25, 0.3) is 5.91 Å². The van der Waals surface area contributed by atoms with Gasteiger partial charge in [0.05, 0.1) is 26.4 Å². The standard InChI is InChI=1S/C10H18N4O3/c1-12-10-8(9(11)15)14(6-13(10)2)5-7-16-3-4-17-7/h7,12H,3-6H2,1-2H3,(H2,11,15). The highest BCUT2D eigenvalue weighted by Gasteiger charge is 2.32. The first kappa shape index (κ1) is 12.0. The van der Waals surface area contributed by atoms with Crippen LogP contribution in [0.2, 0.25) is 0 Å². The van der Waals surface area contributed by atoms with Gasteiger partial charge in [-0.15, -0.1) is 0 Å². The number of hydrogen-bond donors (Lipinski definition) is 2. The van der Waals surface area contributed by atoms with Gasteiger partial charge >= 0.3 is 0 Å². The van der Waals surface area contributed by atoms with Gasteiger partial charge in [-0.25, -0.2) is 0 Å². The summed E-state index contributed by atoms with van der Waals surface area (Å²) >= 11 is 0. The Labute approximate surface area is 100 Å². The zero-order chi connectivity index (χ0) is 12.4. The molecule has 1 fully saturated rings. The summed E-state index contributed by atoms with van der Waals surface area (Å²) in [4.78, 5) is 15.3. The molecule has 7 heteroatoms. The molecule has 0 aromatic rings. The van der Waals surface area contributed by atoms with Crippen LogP contribution in [0.15, 0.2) is 11.5 Å². The van der Waals surface area contributed by atoms with Crippen LogP contribution in [0.3, 0.4) is 0 Å². The van der Waals surface area contributed by atoms with Gasteiger partial charge < -0.3 is 30.3 Å². The summed E-state index contributed by atoms with van der Waals surface area (Å²) in [6, 6.07) is 0. The molecular formula is C10H18N4O3. The maximum absolute atomic E-state index is 11.5. The third kappa shape index (κ3) is 2.29. The van der Waals surface area contributed by atoms with Crippen molar-refractivity contribution in [2.24, 2.45) is 5.73 Å². The van der Waals surface area contributed by atoms with Gasteiger partial charge in [0.15, 0.2) is 6.29 Å². The van der Waals surface area contributed by atoms with Crippen molar-refractivity contribution in [3.8, 4) is 0 Å². The number of carbonyl (C=O) groups is 1. The van der Waals surface area contributed by atoms with Crippen LogP contribution in [0.4, 0.5) is 0 Å². The van der Waals surface area contributed by atoms with Gasteiger partial charge in [-0.05, 0) is 0 Å². The molecule has 7 nitrogen and oxygen atoms in total. The average molecular weight is 242 g/mol. The zero-order valence-electron chi connectivity index (χ0n) is 10.1. The summed E-state index contributed by atoms with van der Waals surface area (Å²) in [5.74, 6) is 0.284. The highest BCUT2D eigenvalue weighted by molar-refractivity contribution is 5.92. The predicted molar refractivity (Wildman–Crippen MR) is 60.3 cm³/mol. The third-order valence-corrected chi connectivity index (χ3v) is 2.84. The maximum atomic E-state index is 11.5. The molecule has 2 rings (SSSR count). The molecule has 0 atom stereocenters. The molecule has 0 aromatic carbocycles. The minimum atomic E-state index is -0.448. The Kier molecular flexibility index (Phi) is 3.39. The number of rotatable bonds is 4. The van der Waals surface area contributed by atoms with Crippen LogP contribution < -0.4 is 11.1 Å². The molecule has 0 unspecified atom stereocenters. The van der Waals surface area contributed by atoms with E-state index in [9.17, 15) is 4.79 Å². The molecule has 0 aliphatic carbocycles.